The smallest absolute Gasteiger partial charge is 0.218 e. The van der Waals surface area contributed by atoms with Gasteiger partial charge in [-0.2, -0.15) is 0 Å². The molecule has 3 nitrogen and oxygen atoms in total. The van der Waals surface area contributed by atoms with Crippen molar-refractivity contribution >= 4 is 17.7 Å². The molecule has 0 aliphatic heterocycles. The molecule has 0 aliphatic rings. The number of hydrogen-bond donors (Lipinski definition) is 1. The van der Waals surface area contributed by atoms with Crippen molar-refractivity contribution in [3.63, 3.8) is 0 Å². The lowest BCUT2D eigenvalue weighted by atomic mass is 9.87. The second-order valence-corrected chi connectivity index (χ2v) is 8.69. The topological polar surface area (TPSA) is 42.2 Å². The van der Waals surface area contributed by atoms with Gasteiger partial charge in [0.05, 0.1) is 6.26 Å². The molecule has 1 unspecified atom stereocenters. The second kappa shape index (κ2) is 5.61. The summed E-state index contributed by atoms with van der Waals surface area (Å²) in [5.74, 6) is 0.806. The predicted octanol–water partition coefficient (Wildman–Crippen LogP) is 4.24. The molecule has 4 heteroatoms. The molecule has 0 saturated carbocycles. The van der Waals surface area contributed by atoms with Crippen molar-refractivity contribution in [1.29, 1.82) is 0 Å². The highest BCUT2D eigenvalue weighted by atomic mass is 32.2. The molecule has 1 aromatic rings. The van der Waals surface area contributed by atoms with Crippen LogP contribution >= 0.6 is 11.8 Å². The van der Waals surface area contributed by atoms with E-state index >= 15 is 0 Å². The van der Waals surface area contributed by atoms with Crippen molar-refractivity contribution < 1.29 is 9.21 Å². The largest absolute Gasteiger partial charge is 0.466 e. The zero-order valence-corrected chi connectivity index (χ0v) is 13.8. The summed E-state index contributed by atoms with van der Waals surface area (Å²) in [6.07, 6.45) is 1.70. The van der Waals surface area contributed by atoms with E-state index in [0.29, 0.717) is 0 Å². The first-order chi connectivity index (χ1) is 8.50. The summed E-state index contributed by atoms with van der Waals surface area (Å²) < 4.78 is 5.70. The van der Waals surface area contributed by atoms with Crippen molar-refractivity contribution in [2.75, 3.05) is 0 Å². The average molecular weight is 283 g/mol. The summed E-state index contributed by atoms with van der Waals surface area (Å²) in [4.78, 5) is 11.4. The van der Waals surface area contributed by atoms with Crippen LogP contribution in [0.5, 0.6) is 0 Å². The van der Waals surface area contributed by atoms with Gasteiger partial charge in [-0.25, -0.2) is 0 Å². The first kappa shape index (κ1) is 16.2. The number of carbonyl (C=O) groups excluding carboxylic acids is 1. The highest BCUT2D eigenvalue weighted by molar-refractivity contribution is 8.00. The van der Waals surface area contributed by atoms with Crippen molar-refractivity contribution in [1.82, 2.24) is 5.32 Å². The third kappa shape index (κ3) is 4.94. The van der Waals surface area contributed by atoms with Gasteiger partial charge >= 0.3 is 0 Å². The van der Waals surface area contributed by atoms with Gasteiger partial charge in [-0.3, -0.25) is 4.79 Å². The number of furan rings is 1. The Morgan fingerprint density at radius 1 is 1.26 bits per heavy atom. The highest BCUT2D eigenvalue weighted by Gasteiger charge is 2.30. The Morgan fingerprint density at radius 2 is 1.84 bits per heavy atom. The maximum absolute atomic E-state index is 11.4. The maximum atomic E-state index is 11.4. The molecule has 0 aromatic carbocycles. The van der Waals surface area contributed by atoms with E-state index in [9.17, 15) is 4.79 Å². The summed E-state index contributed by atoms with van der Waals surface area (Å²) in [5.41, 5.74) is 1.14. The summed E-state index contributed by atoms with van der Waals surface area (Å²) in [6.45, 7) is 14.4. The third-order valence-electron chi connectivity index (χ3n) is 2.55. The van der Waals surface area contributed by atoms with E-state index in [1.807, 2.05) is 6.07 Å². The first-order valence-electron chi connectivity index (χ1n) is 6.53. The Morgan fingerprint density at radius 3 is 2.26 bits per heavy atom. The number of thioether (sulfide) groups is 1. The maximum Gasteiger partial charge on any atom is 0.218 e. The van der Waals surface area contributed by atoms with Crippen LogP contribution in [0.2, 0.25) is 0 Å². The standard InChI is InChI=1S/C15H25NO2S/c1-10(17)16-13(19-15(5,6)7)12-11(8-9-18-12)14(2,3)4/h8-9,13H,1-7H3,(H,16,17). The molecule has 0 aliphatic carbocycles. The Kier molecular flexibility index (Phi) is 4.77. The molecule has 0 fully saturated rings. The van der Waals surface area contributed by atoms with Gasteiger partial charge < -0.3 is 9.73 Å². The quantitative estimate of drug-likeness (QED) is 0.843. The number of rotatable bonds is 3. The van der Waals surface area contributed by atoms with Gasteiger partial charge in [-0.05, 0) is 11.5 Å². The van der Waals surface area contributed by atoms with Gasteiger partial charge in [0.25, 0.3) is 0 Å². The van der Waals surface area contributed by atoms with E-state index in [1.165, 1.54) is 6.92 Å². The molecular formula is C15H25NO2S. The summed E-state index contributed by atoms with van der Waals surface area (Å²) >= 11 is 1.69. The van der Waals surface area contributed by atoms with Crippen LogP contribution in [-0.2, 0) is 10.2 Å². The molecule has 1 atom stereocenters. The summed E-state index contributed by atoms with van der Waals surface area (Å²) in [5, 5.41) is 2.83. The summed E-state index contributed by atoms with van der Waals surface area (Å²) in [6, 6.07) is 1.99. The number of amides is 1. The third-order valence-corrected chi connectivity index (χ3v) is 3.82. The van der Waals surface area contributed by atoms with E-state index < -0.39 is 0 Å². The molecule has 0 spiro atoms. The average Bonchev–Trinajstić information content (AvgIpc) is 2.60. The van der Waals surface area contributed by atoms with E-state index in [2.05, 4.69) is 46.9 Å². The van der Waals surface area contributed by atoms with Gasteiger partial charge in [-0.15, -0.1) is 11.8 Å². The molecule has 1 N–H and O–H groups in total. The number of carbonyl (C=O) groups is 1. The zero-order valence-electron chi connectivity index (χ0n) is 13.0. The van der Waals surface area contributed by atoms with E-state index in [0.717, 1.165) is 11.3 Å². The number of nitrogens with one attached hydrogen (secondary N) is 1. The molecule has 19 heavy (non-hydrogen) atoms. The number of hydrogen-bond acceptors (Lipinski definition) is 3. The van der Waals surface area contributed by atoms with Crippen molar-refractivity contribution in [3.8, 4) is 0 Å². The fourth-order valence-corrected chi connectivity index (χ4v) is 3.05. The lowest BCUT2D eigenvalue weighted by molar-refractivity contribution is -0.119. The first-order valence-corrected chi connectivity index (χ1v) is 7.41. The lowest BCUT2D eigenvalue weighted by Gasteiger charge is -2.28. The van der Waals surface area contributed by atoms with Crippen molar-refractivity contribution in [2.24, 2.45) is 0 Å². The fourth-order valence-electron chi connectivity index (χ4n) is 1.83. The Hall–Kier alpha value is -0.900. The van der Waals surface area contributed by atoms with Crippen LogP contribution in [0.15, 0.2) is 16.7 Å². The van der Waals surface area contributed by atoms with Crippen molar-refractivity contribution in [2.45, 2.75) is 64.0 Å². The van der Waals surface area contributed by atoms with E-state index in [1.54, 1.807) is 18.0 Å². The molecule has 0 bridgehead atoms. The molecule has 1 rings (SSSR count). The zero-order chi connectivity index (χ0) is 14.8. The Balaban J connectivity index is 3.11. The van der Waals surface area contributed by atoms with E-state index in [-0.39, 0.29) is 21.4 Å². The van der Waals surface area contributed by atoms with E-state index in [4.69, 9.17) is 4.42 Å². The van der Waals surface area contributed by atoms with Gasteiger partial charge in [0.1, 0.15) is 11.1 Å². The van der Waals surface area contributed by atoms with Gasteiger partial charge in [0.15, 0.2) is 0 Å². The minimum absolute atomic E-state index is 0.00248. The lowest BCUT2D eigenvalue weighted by Crippen LogP contribution is -2.29. The minimum Gasteiger partial charge on any atom is -0.466 e. The van der Waals surface area contributed by atoms with Gasteiger partial charge in [-0.1, -0.05) is 41.5 Å². The fraction of sp³-hybridized carbons (Fsp3) is 0.667. The molecule has 0 radical (unpaired) electrons. The van der Waals surface area contributed by atoms with Crippen LogP contribution in [0.3, 0.4) is 0 Å². The Labute approximate surface area is 120 Å². The predicted molar refractivity (Wildman–Crippen MR) is 81.3 cm³/mol. The van der Waals surface area contributed by atoms with Gasteiger partial charge in [0.2, 0.25) is 5.91 Å². The summed E-state index contributed by atoms with van der Waals surface area (Å²) in [7, 11) is 0. The monoisotopic (exact) mass is 283 g/mol. The van der Waals surface area contributed by atoms with Crippen LogP contribution in [0, 0.1) is 0 Å². The van der Waals surface area contributed by atoms with Gasteiger partial charge in [0, 0.05) is 17.2 Å². The molecule has 1 aromatic heterocycles. The molecular weight excluding hydrogens is 258 g/mol. The SMILES string of the molecule is CC(=O)NC(SC(C)(C)C)c1occc1C(C)(C)C. The molecule has 1 amide bonds. The van der Waals surface area contributed by atoms with Crippen LogP contribution in [-0.4, -0.2) is 10.7 Å². The molecule has 0 saturated heterocycles. The second-order valence-electron chi connectivity index (χ2n) is 6.76. The van der Waals surface area contributed by atoms with Crippen LogP contribution in [0.1, 0.15) is 65.2 Å². The minimum atomic E-state index is -0.151. The highest BCUT2D eigenvalue weighted by Crippen LogP contribution is 2.40. The molecule has 1 heterocycles. The Bertz CT molecular complexity index is 438. The van der Waals surface area contributed by atoms with Crippen LogP contribution in [0.25, 0.3) is 0 Å². The normalized spacial score (nSPS) is 14.3. The van der Waals surface area contributed by atoms with Crippen LogP contribution in [0.4, 0.5) is 0 Å². The molecule has 108 valence electrons. The van der Waals surface area contributed by atoms with Crippen LogP contribution < -0.4 is 5.32 Å². The van der Waals surface area contributed by atoms with Crippen molar-refractivity contribution in [3.05, 3.63) is 23.7 Å².